The van der Waals surface area contributed by atoms with E-state index in [-0.39, 0.29) is 5.91 Å². The summed E-state index contributed by atoms with van der Waals surface area (Å²) in [6, 6.07) is 9.57. The summed E-state index contributed by atoms with van der Waals surface area (Å²) in [5.41, 5.74) is 3.29. The third-order valence-electron chi connectivity index (χ3n) is 4.92. The van der Waals surface area contributed by atoms with Crippen LogP contribution < -0.4 is 5.32 Å². The minimum atomic E-state index is -0.168. The second-order valence-electron chi connectivity index (χ2n) is 6.85. The van der Waals surface area contributed by atoms with E-state index in [0.29, 0.717) is 17.9 Å². The maximum Gasteiger partial charge on any atom is 0.259 e. The van der Waals surface area contributed by atoms with E-state index in [4.69, 9.17) is 9.15 Å². The summed E-state index contributed by atoms with van der Waals surface area (Å²) in [6.07, 6.45) is 1.76. The first-order chi connectivity index (χ1) is 13.1. The first-order valence-electron chi connectivity index (χ1n) is 9.17. The lowest BCUT2D eigenvalue weighted by Crippen LogP contribution is -2.35. The van der Waals surface area contributed by atoms with Gasteiger partial charge >= 0.3 is 0 Å². The van der Waals surface area contributed by atoms with Gasteiger partial charge in [-0.25, -0.2) is 0 Å². The average Bonchev–Trinajstić information content (AvgIpc) is 3.05. The number of carbonyl (C=O) groups is 1. The van der Waals surface area contributed by atoms with Crippen molar-refractivity contribution >= 4 is 22.5 Å². The number of nitrogens with zero attached hydrogens (tertiary/aromatic N) is 2. The zero-order valence-corrected chi connectivity index (χ0v) is 15.6. The van der Waals surface area contributed by atoms with E-state index in [1.54, 1.807) is 6.20 Å². The SMILES string of the molecule is Cc1oc(CN2CCOCC2)cc1C(=O)Nc1ccc(C)c2ncccc12. The first kappa shape index (κ1) is 17.7. The summed E-state index contributed by atoms with van der Waals surface area (Å²) in [6.45, 7) is 7.76. The van der Waals surface area contributed by atoms with E-state index in [9.17, 15) is 4.79 Å². The predicted octanol–water partition coefficient (Wildman–Crippen LogP) is 3.53. The second kappa shape index (κ2) is 7.50. The van der Waals surface area contributed by atoms with E-state index in [2.05, 4.69) is 15.2 Å². The Balaban J connectivity index is 1.54. The van der Waals surface area contributed by atoms with Crippen LogP contribution in [-0.2, 0) is 11.3 Å². The molecule has 0 atom stereocenters. The molecule has 6 heteroatoms. The van der Waals surface area contributed by atoms with Crippen molar-refractivity contribution < 1.29 is 13.9 Å². The highest BCUT2D eigenvalue weighted by Gasteiger charge is 2.19. The number of rotatable bonds is 4. The number of hydrogen-bond donors (Lipinski definition) is 1. The lowest BCUT2D eigenvalue weighted by atomic mass is 10.1. The Kier molecular flexibility index (Phi) is 4.92. The van der Waals surface area contributed by atoms with Gasteiger partial charge in [0.15, 0.2) is 0 Å². The first-order valence-corrected chi connectivity index (χ1v) is 9.17. The van der Waals surface area contributed by atoms with Gasteiger partial charge in [0.25, 0.3) is 5.91 Å². The fourth-order valence-electron chi connectivity index (χ4n) is 3.44. The molecule has 0 spiro atoms. The molecule has 0 saturated carbocycles. The number of furan rings is 1. The highest BCUT2D eigenvalue weighted by Crippen LogP contribution is 2.26. The van der Waals surface area contributed by atoms with Crippen molar-refractivity contribution in [3.05, 3.63) is 59.2 Å². The number of anilines is 1. The molecule has 140 valence electrons. The Hall–Kier alpha value is -2.70. The third kappa shape index (κ3) is 3.72. The van der Waals surface area contributed by atoms with E-state index in [0.717, 1.165) is 54.2 Å². The fourth-order valence-corrected chi connectivity index (χ4v) is 3.44. The summed E-state index contributed by atoms with van der Waals surface area (Å²) in [5.74, 6) is 1.26. The van der Waals surface area contributed by atoms with E-state index in [1.165, 1.54) is 0 Å². The number of amides is 1. The highest BCUT2D eigenvalue weighted by atomic mass is 16.5. The van der Waals surface area contributed by atoms with E-state index < -0.39 is 0 Å². The van der Waals surface area contributed by atoms with Gasteiger partial charge in [-0.3, -0.25) is 14.7 Å². The standard InChI is InChI=1S/C21H23N3O3/c1-14-5-6-19(17-4-3-7-22-20(14)17)23-21(25)18-12-16(27-15(18)2)13-24-8-10-26-11-9-24/h3-7,12H,8-11,13H2,1-2H3,(H,23,25). The van der Waals surface area contributed by atoms with Crippen molar-refractivity contribution in [3.63, 3.8) is 0 Å². The Labute approximate surface area is 158 Å². The lowest BCUT2D eigenvalue weighted by molar-refractivity contribution is 0.0312. The van der Waals surface area contributed by atoms with Crippen LogP contribution in [0.25, 0.3) is 10.9 Å². The molecular weight excluding hydrogens is 342 g/mol. The summed E-state index contributed by atoms with van der Waals surface area (Å²) < 4.78 is 11.2. The van der Waals surface area contributed by atoms with Gasteiger partial charge in [-0.15, -0.1) is 0 Å². The Bertz CT molecular complexity index is 974. The molecule has 0 bridgehead atoms. The predicted molar refractivity (Wildman–Crippen MR) is 104 cm³/mol. The van der Waals surface area contributed by atoms with Crippen molar-refractivity contribution in [2.24, 2.45) is 0 Å². The van der Waals surface area contributed by atoms with Crippen LogP contribution in [0.15, 0.2) is 40.9 Å². The number of ether oxygens (including phenoxy) is 1. The maximum absolute atomic E-state index is 12.8. The van der Waals surface area contributed by atoms with Gasteiger partial charge in [0.05, 0.1) is 36.5 Å². The van der Waals surface area contributed by atoms with Gasteiger partial charge in [-0.2, -0.15) is 0 Å². The van der Waals surface area contributed by atoms with Crippen molar-refractivity contribution in [3.8, 4) is 0 Å². The Morgan fingerprint density at radius 1 is 1.22 bits per heavy atom. The second-order valence-corrected chi connectivity index (χ2v) is 6.85. The van der Waals surface area contributed by atoms with Crippen LogP contribution in [0.3, 0.4) is 0 Å². The van der Waals surface area contributed by atoms with E-state index >= 15 is 0 Å². The molecule has 0 radical (unpaired) electrons. The Morgan fingerprint density at radius 2 is 2.04 bits per heavy atom. The quantitative estimate of drug-likeness (QED) is 0.766. The van der Waals surface area contributed by atoms with Crippen LogP contribution in [-0.4, -0.2) is 42.1 Å². The third-order valence-corrected chi connectivity index (χ3v) is 4.92. The smallest absolute Gasteiger partial charge is 0.259 e. The number of nitrogens with one attached hydrogen (secondary N) is 1. The van der Waals surface area contributed by atoms with E-state index in [1.807, 2.05) is 44.2 Å². The number of hydrogen-bond acceptors (Lipinski definition) is 5. The average molecular weight is 365 g/mol. The number of morpholine rings is 1. The molecule has 3 aromatic rings. The molecule has 6 nitrogen and oxygen atoms in total. The van der Waals surface area contributed by atoms with Gasteiger partial charge in [-0.05, 0) is 43.7 Å². The van der Waals surface area contributed by atoms with Crippen LogP contribution in [0.1, 0.15) is 27.4 Å². The molecule has 1 fully saturated rings. The normalized spacial score (nSPS) is 15.2. The zero-order chi connectivity index (χ0) is 18.8. The summed E-state index contributed by atoms with van der Waals surface area (Å²) in [4.78, 5) is 19.5. The van der Waals surface area contributed by atoms with Crippen LogP contribution in [0.5, 0.6) is 0 Å². The molecule has 0 aliphatic carbocycles. The fraction of sp³-hybridized carbons (Fsp3) is 0.333. The summed E-state index contributed by atoms with van der Waals surface area (Å²) >= 11 is 0. The number of benzene rings is 1. The molecule has 2 aromatic heterocycles. The van der Waals surface area contributed by atoms with Gasteiger partial charge in [0, 0.05) is 24.7 Å². The van der Waals surface area contributed by atoms with Crippen LogP contribution in [0, 0.1) is 13.8 Å². The number of aryl methyl sites for hydroxylation is 2. The van der Waals surface area contributed by atoms with Crippen LogP contribution >= 0.6 is 0 Å². The molecule has 0 unspecified atom stereocenters. The minimum Gasteiger partial charge on any atom is -0.464 e. The number of carbonyl (C=O) groups excluding carboxylic acids is 1. The number of pyridine rings is 1. The van der Waals surface area contributed by atoms with Crippen molar-refractivity contribution in [1.82, 2.24) is 9.88 Å². The number of aromatic nitrogens is 1. The topological polar surface area (TPSA) is 67.6 Å². The van der Waals surface area contributed by atoms with Gasteiger partial charge in [-0.1, -0.05) is 6.07 Å². The van der Waals surface area contributed by atoms with Crippen molar-refractivity contribution in [2.45, 2.75) is 20.4 Å². The molecular formula is C21H23N3O3. The van der Waals surface area contributed by atoms with Gasteiger partial charge < -0.3 is 14.5 Å². The van der Waals surface area contributed by atoms with Crippen molar-refractivity contribution in [2.75, 3.05) is 31.6 Å². The molecule has 4 rings (SSSR count). The molecule has 1 N–H and O–H groups in total. The molecule has 1 aromatic carbocycles. The highest BCUT2D eigenvalue weighted by molar-refractivity contribution is 6.09. The van der Waals surface area contributed by atoms with Gasteiger partial charge in [0.1, 0.15) is 11.5 Å². The van der Waals surface area contributed by atoms with Crippen molar-refractivity contribution in [1.29, 1.82) is 0 Å². The molecule has 1 saturated heterocycles. The molecule has 27 heavy (non-hydrogen) atoms. The maximum atomic E-state index is 12.8. The molecule has 1 aliphatic rings. The van der Waals surface area contributed by atoms with Crippen LogP contribution in [0.4, 0.5) is 5.69 Å². The lowest BCUT2D eigenvalue weighted by Gasteiger charge is -2.25. The summed E-state index contributed by atoms with van der Waals surface area (Å²) in [5, 5.41) is 3.94. The Morgan fingerprint density at radius 3 is 2.85 bits per heavy atom. The monoisotopic (exact) mass is 365 g/mol. The minimum absolute atomic E-state index is 0.168. The molecule has 1 aliphatic heterocycles. The molecule has 1 amide bonds. The van der Waals surface area contributed by atoms with Crippen LogP contribution in [0.2, 0.25) is 0 Å². The van der Waals surface area contributed by atoms with Gasteiger partial charge in [0.2, 0.25) is 0 Å². The number of fused-ring (bicyclic) bond motifs is 1. The largest absolute Gasteiger partial charge is 0.464 e. The molecule has 3 heterocycles. The summed E-state index contributed by atoms with van der Waals surface area (Å²) in [7, 11) is 0. The zero-order valence-electron chi connectivity index (χ0n) is 15.6.